The number of benzene rings is 2. The average Bonchev–Trinajstić information content (AvgIpc) is 2.77. The van der Waals surface area contributed by atoms with Gasteiger partial charge in [0, 0.05) is 24.8 Å². The maximum absolute atomic E-state index is 12.6. The van der Waals surface area contributed by atoms with Gasteiger partial charge in [0.25, 0.3) is 0 Å². The topological polar surface area (TPSA) is 64.5 Å². The van der Waals surface area contributed by atoms with Gasteiger partial charge in [-0.25, -0.2) is 9.97 Å². The third-order valence-electron chi connectivity index (χ3n) is 4.52. The Morgan fingerprint density at radius 3 is 2.43 bits per heavy atom. The molecule has 0 saturated heterocycles. The number of methoxy groups -OCH3 is 2. The first-order chi connectivity index (χ1) is 14.5. The molecule has 3 rings (SSSR count). The summed E-state index contributed by atoms with van der Waals surface area (Å²) < 4.78 is 10.6. The lowest BCUT2D eigenvalue weighted by Gasteiger charge is -2.18. The Morgan fingerprint density at radius 1 is 1.00 bits per heavy atom. The highest BCUT2D eigenvalue weighted by Gasteiger charge is 2.14. The van der Waals surface area contributed by atoms with Crippen LogP contribution < -0.4 is 9.47 Å². The number of amides is 1. The number of ether oxygens (including phenoxy) is 2. The second-order valence-electron chi connectivity index (χ2n) is 6.77. The van der Waals surface area contributed by atoms with E-state index in [1.165, 1.54) is 11.8 Å². The maximum atomic E-state index is 12.6. The molecule has 1 aromatic heterocycles. The Morgan fingerprint density at radius 2 is 1.73 bits per heavy atom. The summed E-state index contributed by atoms with van der Waals surface area (Å²) in [5.41, 5.74) is 3.72. The number of hydrogen-bond donors (Lipinski definition) is 0. The Hall–Kier alpha value is -3.06. The van der Waals surface area contributed by atoms with Crippen LogP contribution in [0.4, 0.5) is 0 Å². The van der Waals surface area contributed by atoms with E-state index in [9.17, 15) is 4.79 Å². The maximum Gasteiger partial charge on any atom is 0.233 e. The number of carbonyl (C=O) groups is 1. The lowest BCUT2D eigenvalue weighted by molar-refractivity contribution is -0.127. The van der Waals surface area contributed by atoms with Crippen molar-refractivity contribution in [3.8, 4) is 22.8 Å². The molecule has 0 unspecified atom stereocenters. The second-order valence-corrected chi connectivity index (χ2v) is 7.71. The fourth-order valence-electron chi connectivity index (χ4n) is 2.94. The van der Waals surface area contributed by atoms with E-state index in [1.807, 2.05) is 61.5 Å². The van der Waals surface area contributed by atoms with E-state index in [0.717, 1.165) is 22.5 Å². The molecule has 3 aromatic rings. The third kappa shape index (κ3) is 5.51. The molecule has 30 heavy (non-hydrogen) atoms. The fourth-order valence-corrected chi connectivity index (χ4v) is 3.78. The van der Waals surface area contributed by atoms with Crippen LogP contribution in [0.15, 0.2) is 59.8 Å². The predicted molar refractivity (Wildman–Crippen MR) is 119 cm³/mol. The van der Waals surface area contributed by atoms with Crippen LogP contribution in [0.2, 0.25) is 0 Å². The summed E-state index contributed by atoms with van der Waals surface area (Å²) in [6.07, 6.45) is 0. The molecule has 0 bridgehead atoms. The average molecular weight is 424 g/mol. The van der Waals surface area contributed by atoms with Crippen molar-refractivity contribution in [1.82, 2.24) is 14.9 Å². The van der Waals surface area contributed by atoms with Gasteiger partial charge < -0.3 is 14.4 Å². The van der Waals surface area contributed by atoms with Crippen LogP contribution in [0.1, 0.15) is 11.3 Å². The largest absolute Gasteiger partial charge is 0.493 e. The van der Waals surface area contributed by atoms with E-state index in [0.29, 0.717) is 23.2 Å². The molecular formula is C23H25N3O3S. The van der Waals surface area contributed by atoms with E-state index in [1.54, 1.807) is 26.2 Å². The molecule has 0 fully saturated rings. The van der Waals surface area contributed by atoms with Crippen LogP contribution in [0, 0.1) is 6.92 Å². The van der Waals surface area contributed by atoms with E-state index in [4.69, 9.17) is 9.47 Å². The van der Waals surface area contributed by atoms with Crippen LogP contribution in [-0.2, 0) is 11.3 Å². The van der Waals surface area contributed by atoms with E-state index in [2.05, 4.69) is 9.97 Å². The van der Waals surface area contributed by atoms with Gasteiger partial charge in [0.05, 0.1) is 25.7 Å². The lowest BCUT2D eigenvalue weighted by Crippen LogP contribution is -2.27. The Labute approximate surface area is 181 Å². The van der Waals surface area contributed by atoms with Crippen LogP contribution in [0.5, 0.6) is 11.5 Å². The number of hydrogen-bond acceptors (Lipinski definition) is 6. The second kappa shape index (κ2) is 10.1. The van der Waals surface area contributed by atoms with Crippen molar-refractivity contribution in [3.05, 3.63) is 65.9 Å². The van der Waals surface area contributed by atoms with Gasteiger partial charge in [0.2, 0.25) is 5.91 Å². The summed E-state index contributed by atoms with van der Waals surface area (Å²) in [6, 6.07) is 17.5. The molecule has 0 atom stereocenters. The summed E-state index contributed by atoms with van der Waals surface area (Å²) >= 11 is 1.35. The molecule has 7 heteroatoms. The molecule has 0 N–H and O–H groups in total. The highest BCUT2D eigenvalue weighted by molar-refractivity contribution is 7.99. The Bertz CT molecular complexity index is 1010. The molecule has 0 radical (unpaired) electrons. The first-order valence-electron chi connectivity index (χ1n) is 9.49. The minimum atomic E-state index is 0.00107. The molecule has 1 heterocycles. The number of carbonyl (C=O) groups excluding carboxylic acids is 1. The quantitative estimate of drug-likeness (QED) is 0.399. The SMILES string of the molecule is COc1ccc(CN(C)C(=O)CSc2nc(C)cc(-c3ccccc3)n2)cc1OC. The van der Waals surface area contributed by atoms with Crippen molar-refractivity contribution in [2.75, 3.05) is 27.0 Å². The highest BCUT2D eigenvalue weighted by Crippen LogP contribution is 2.28. The fraction of sp³-hybridized carbons (Fsp3) is 0.261. The normalized spacial score (nSPS) is 10.5. The lowest BCUT2D eigenvalue weighted by atomic mass is 10.1. The number of thioether (sulfide) groups is 1. The summed E-state index contributed by atoms with van der Waals surface area (Å²) in [5, 5.41) is 0.599. The minimum absolute atomic E-state index is 0.00107. The Kier molecular flexibility index (Phi) is 7.30. The van der Waals surface area contributed by atoms with Gasteiger partial charge in [0.1, 0.15) is 0 Å². The molecule has 0 aliphatic heterocycles. The first-order valence-corrected chi connectivity index (χ1v) is 10.5. The molecule has 6 nitrogen and oxygen atoms in total. The van der Waals surface area contributed by atoms with Gasteiger partial charge in [-0.15, -0.1) is 0 Å². The van der Waals surface area contributed by atoms with Crippen LogP contribution in [0.25, 0.3) is 11.3 Å². The van der Waals surface area contributed by atoms with Gasteiger partial charge in [-0.1, -0.05) is 48.2 Å². The molecule has 0 aliphatic rings. The molecule has 2 aromatic carbocycles. The number of aryl methyl sites for hydroxylation is 1. The van der Waals surface area contributed by atoms with Crippen molar-refractivity contribution in [3.63, 3.8) is 0 Å². The van der Waals surface area contributed by atoms with Gasteiger partial charge in [-0.05, 0) is 30.7 Å². The van der Waals surface area contributed by atoms with Crippen LogP contribution in [0.3, 0.4) is 0 Å². The highest BCUT2D eigenvalue weighted by atomic mass is 32.2. The summed E-state index contributed by atoms with van der Waals surface area (Å²) in [6.45, 7) is 2.41. The zero-order valence-corrected chi connectivity index (χ0v) is 18.4. The third-order valence-corrected chi connectivity index (χ3v) is 5.35. The van der Waals surface area contributed by atoms with Crippen molar-refractivity contribution in [1.29, 1.82) is 0 Å². The van der Waals surface area contributed by atoms with E-state index in [-0.39, 0.29) is 11.7 Å². The molecule has 1 amide bonds. The summed E-state index contributed by atoms with van der Waals surface area (Å²) in [5.74, 6) is 1.58. The summed E-state index contributed by atoms with van der Waals surface area (Å²) in [4.78, 5) is 23.4. The molecular weight excluding hydrogens is 398 g/mol. The van der Waals surface area contributed by atoms with Crippen molar-refractivity contribution >= 4 is 17.7 Å². The van der Waals surface area contributed by atoms with Crippen molar-refractivity contribution in [2.24, 2.45) is 0 Å². The molecule has 0 spiro atoms. The van der Waals surface area contributed by atoms with Gasteiger partial charge in [-0.2, -0.15) is 0 Å². The van der Waals surface area contributed by atoms with Crippen LogP contribution >= 0.6 is 11.8 Å². The van der Waals surface area contributed by atoms with Crippen LogP contribution in [-0.4, -0.2) is 47.8 Å². The van der Waals surface area contributed by atoms with Crippen molar-refractivity contribution in [2.45, 2.75) is 18.6 Å². The zero-order valence-electron chi connectivity index (χ0n) is 17.6. The predicted octanol–water partition coefficient (Wildman–Crippen LogP) is 4.22. The van der Waals surface area contributed by atoms with E-state index >= 15 is 0 Å². The standard InChI is InChI=1S/C23H25N3O3S/c1-16-12-19(18-8-6-5-7-9-18)25-23(24-16)30-15-22(27)26(2)14-17-10-11-20(28-3)21(13-17)29-4/h5-13H,14-15H2,1-4H3. The Balaban J connectivity index is 1.63. The number of nitrogens with zero attached hydrogens (tertiary/aromatic N) is 3. The van der Waals surface area contributed by atoms with Crippen molar-refractivity contribution < 1.29 is 14.3 Å². The van der Waals surface area contributed by atoms with Gasteiger partial charge in [0.15, 0.2) is 16.7 Å². The number of rotatable bonds is 8. The zero-order chi connectivity index (χ0) is 21.5. The molecule has 156 valence electrons. The minimum Gasteiger partial charge on any atom is -0.493 e. The number of aromatic nitrogens is 2. The van der Waals surface area contributed by atoms with Gasteiger partial charge in [-0.3, -0.25) is 4.79 Å². The van der Waals surface area contributed by atoms with Gasteiger partial charge >= 0.3 is 0 Å². The monoisotopic (exact) mass is 423 g/mol. The molecule has 0 aliphatic carbocycles. The molecule has 0 saturated carbocycles. The van der Waals surface area contributed by atoms with E-state index < -0.39 is 0 Å². The smallest absolute Gasteiger partial charge is 0.233 e. The first kappa shape index (κ1) is 21.6. The summed E-state index contributed by atoms with van der Waals surface area (Å²) in [7, 11) is 4.98.